The van der Waals surface area contributed by atoms with E-state index in [1.807, 2.05) is 31.2 Å². The molecule has 0 saturated heterocycles. The van der Waals surface area contributed by atoms with Crippen molar-refractivity contribution in [1.29, 1.82) is 0 Å². The van der Waals surface area contributed by atoms with E-state index in [0.717, 1.165) is 10.5 Å². The van der Waals surface area contributed by atoms with Crippen LogP contribution in [0.15, 0.2) is 24.3 Å². The van der Waals surface area contributed by atoms with Crippen molar-refractivity contribution in [3.05, 3.63) is 29.8 Å². The molecule has 0 bridgehead atoms. The Kier molecular flexibility index (Phi) is 5.19. The number of fused-ring (bicyclic) bond motifs is 1. The van der Waals surface area contributed by atoms with Crippen molar-refractivity contribution < 1.29 is 22.7 Å². The number of amides is 1. The second-order valence-electron chi connectivity index (χ2n) is 5.94. The van der Waals surface area contributed by atoms with E-state index in [0.29, 0.717) is 18.9 Å². The maximum absolute atomic E-state index is 12.7. The summed E-state index contributed by atoms with van der Waals surface area (Å²) < 4.78 is 43.2. The number of hydrogen-bond donors (Lipinski definition) is 0. The highest BCUT2D eigenvalue weighted by atomic mass is 19.4. The summed E-state index contributed by atoms with van der Waals surface area (Å²) in [4.78, 5) is 15.3. The SMILES string of the molecule is CC(C(=O)N1Cc2ccccc2OCC1C)N(C)CC(F)(F)F. The number of carbonyl (C=O) groups excluding carboxylic acids is 1. The highest BCUT2D eigenvalue weighted by Gasteiger charge is 2.35. The number of likely N-dealkylation sites (N-methyl/N-ethyl adjacent to an activating group) is 1. The van der Waals surface area contributed by atoms with Crippen LogP contribution in [0.5, 0.6) is 5.75 Å². The number of alkyl halides is 3. The first kappa shape index (κ1) is 17.6. The van der Waals surface area contributed by atoms with Crippen molar-refractivity contribution in [2.24, 2.45) is 0 Å². The number of ether oxygens (including phenoxy) is 1. The average Bonchev–Trinajstić information content (AvgIpc) is 2.64. The average molecular weight is 330 g/mol. The lowest BCUT2D eigenvalue weighted by Gasteiger charge is -2.33. The van der Waals surface area contributed by atoms with Crippen LogP contribution in [-0.4, -0.2) is 54.2 Å². The minimum Gasteiger partial charge on any atom is -0.491 e. The number of hydrogen-bond acceptors (Lipinski definition) is 3. The zero-order valence-corrected chi connectivity index (χ0v) is 13.4. The molecule has 2 atom stereocenters. The van der Waals surface area contributed by atoms with E-state index in [-0.39, 0.29) is 11.9 Å². The Morgan fingerprint density at radius 1 is 1.43 bits per heavy atom. The van der Waals surface area contributed by atoms with E-state index in [2.05, 4.69) is 0 Å². The Labute approximate surface area is 133 Å². The van der Waals surface area contributed by atoms with Gasteiger partial charge in [0.25, 0.3) is 0 Å². The lowest BCUT2D eigenvalue weighted by Crippen LogP contribution is -2.51. The summed E-state index contributed by atoms with van der Waals surface area (Å²) in [7, 11) is 1.31. The monoisotopic (exact) mass is 330 g/mol. The van der Waals surface area contributed by atoms with E-state index >= 15 is 0 Å². The second kappa shape index (κ2) is 6.78. The van der Waals surface area contributed by atoms with Gasteiger partial charge in [-0.1, -0.05) is 18.2 Å². The number of nitrogens with zero attached hydrogens (tertiary/aromatic N) is 2. The van der Waals surface area contributed by atoms with Gasteiger partial charge in [-0.15, -0.1) is 0 Å². The first-order valence-corrected chi connectivity index (χ1v) is 7.47. The Morgan fingerprint density at radius 2 is 2.09 bits per heavy atom. The fourth-order valence-corrected chi connectivity index (χ4v) is 2.56. The van der Waals surface area contributed by atoms with Gasteiger partial charge in [-0.05, 0) is 27.0 Å². The van der Waals surface area contributed by atoms with Crippen LogP contribution in [0.25, 0.3) is 0 Å². The Hall–Kier alpha value is -1.76. The van der Waals surface area contributed by atoms with Crippen molar-refractivity contribution in [2.45, 2.75) is 38.7 Å². The summed E-state index contributed by atoms with van der Waals surface area (Å²) in [5.74, 6) is 0.385. The van der Waals surface area contributed by atoms with Crippen LogP contribution >= 0.6 is 0 Å². The van der Waals surface area contributed by atoms with Gasteiger partial charge in [0.1, 0.15) is 12.4 Å². The molecule has 0 fully saturated rings. The normalized spacial score (nSPS) is 19.8. The van der Waals surface area contributed by atoms with E-state index < -0.39 is 18.8 Å². The number of rotatable bonds is 3. The van der Waals surface area contributed by atoms with E-state index in [4.69, 9.17) is 4.74 Å². The van der Waals surface area contributed by atoms with Crippen LogP contribution in [0, 0.1) is 0 Å². The topological polar surface area (TPSA) is 32.8 Å². The van der Waals surface area contributed by atoms with Gasteiger partial charge >= 0.3 is 6.18 Å². The van der Waals surface area contributed by atoms with Gasteiger partial charge in [-0.3, -0.25) is 9.69 Å². The van der Waals surface area contributed by atoms with Crippen molar-refractivity contribution in [1.82, 2.24) is 9.80 Å². The van der Waals surface area contributed by atoms with Crippen LogP contribution in [0.1, 0.15) is 19.4 Å². The molecule has 23 heavy (non-hydrogen) atoms. The molecule has 1 aromatic rings. The van der Waals surface area contributed by atoms with Crippen LogP contribution in [0.2, 0.25) is 0 Å². The molecule has 0 aliphatic carbocycles. The highest BCUT2D eigenvalue weighted by Crippen LogP contribution is 2.26. The molecular formula is C16H21F3N2O2. The molecule has 0 N–H and O–H groups in total. The molecule has 0 radical (unpaired) electrons. The lowest BCUT2D eigenvalue weighted by atomic mass is 10.1. The summed E-state index contributed by atoms with van der Waals surface area (Å²) in [5.41, 5.74) is 0.857. The molecule has 7 heteroatoms. The molecule has 1 aromatic carbocycles. The van der Waals surface area contributed by atoms with Crippen LogP contribution in [0.4, 0.5) is 13.2 Å². The van der Waals surface area contributed by atoms with Gasteiger partial charge < -0.3 is 9.64 Å². The van der Waals surface area contributed by atoms with E-state index in [1.165, 1.54) is 14.0 Å². The second-order valence-corrected chi connectivity index (χ2v) is 5.94. The van der Waals surface area contributed by atoms with Crippen molar-refractivity contribution in [3.8, 4) is 5.75 Å². The van der Waals surface area contributed by atoms with Gasteiger partial charge in [0, 0.05) is 12.1 Å². The smallest absolute Gasteiger partial charge is 0.401 e. The van der Waals surface area contributed by atoms with E-state index in [9.17, 15) is 18.0 Å². The predicted molar refractivity (Wildman–Crippen MR) is 80.1 cm³/mol. The third-order valence-corrected chi connectivity index (χ3v) is 4.06. The van der Waals surface area contributed by atoms with Gasteiger partial charge in [0.2, 0.25) is 5.91 Å². The quantitative estimate of drug-likeness (QED) is 0.854. The molecule has 1 aliphatic rings. The molecule has 0 aromatic heterocycles. The van der Waals surface area contributed by atoms with Gasteiger partial charge in [-0.25, -0.2) is 0 Å². The predicted octanol–water partition coefficient (Wildman–Crippen LogP) is 2.68. The largest absolute Gasteiger partial charge is 0.491 e. The third-order valence-electron chi connectivity index (χ3n) is 4.06. The third kappa shape index (κ3) is 4.37. The van der Waals surface area contributed by atoms with Crippen LogP contribution in [-0.2, 0) is 11.3 Å². The molecule has 1 heterocycles. The van der Waals surface area contributed by atoms with Crippen LogP contribution < -0.4 is 4.74 Å². The minimum atomic E-state index is -4.33. The van der Waals surface area contributed by atoms with Crippen molar-refractivity contribution >= 4 is 5.91 Å². The molecule has 1 aliphatic heterocycles. The summed E-state index contributed by atoms with van der Waals surface area (Å²) >= 11 is 0. The first-order chi connectivity index (χ1) is 10.7. The Bertz CT molecular complexity index is 563. The lowest BCUT2D eigenvalue weighted by molar-refractivity contribution is -0.156. The molecule has 2 unspecified atom stereocenters. The van der Waals surface area contributed by atoms with Gasteiger partial charge in [0.05, 0.1) is 18.6 Å². The summed E-state index contributed by atoms with van der Waals surface area (Å²) in [6.07, 6.45) is -4.33. The van der Waals surface area contributed by atoms with Crippen LogP contribution in [0.3, 0.4) is 0 Å². The Morgan fingerprint density at radius 3 is 2.74 bits per heavy atom. The maximum Gasteiger partial charge on any atom is 0.401 e. The van der Waals surface area contributed by atoms with E-state index in [1.54, 1.807) is 4.90 Å². The van der Waals surface area contributed by atoms with Gasteiger partial charge in [0.15, 0.2) is 0 Å². The fraction of sp³-hybridized carbons (Fsp3) is 0.562. The molecule has 0 saturated carbocycles. The maximum atomic E-state index is 12.7. The standard InChI is InChI=1S/C16H21F3N2O2/c1-11-9-23-14-7-5-4-6-13(14)8-21(11)15(22)12(2)20(3)10-16(17,18)19/h4-7,11-12H,8-10H2,1-3H3. The van der Waals surface area contributed by atoms with Gasteiger partial charge in [-0.2, -0.15) is 13.2 Å². The van der Waals surface area contributed by atoms with Crippen molar-refractivity contribution in [2.75, 3.05) is 20.2 Å². The zero-order chi connectivity index (χ0) is 17.2. The fourth-order valence-electron chi connectivity index (χ4n) is 2.56. The number of halogens is 3. The summed E-state index contributed by atoms with van der Waals surface area (Å²) in [6.45, 7) is 2.87. The molecule has 128 valence electrons. The number of benzene rings is 1. The highest BCUT2D eigenvalue weighted by molar-refractivity contribution is 5.82. The molecular weight excluding hydrogens is 309 g/mol. The first-order valence-electron chi connectivity index (χ1n) is 7.47. The zero-order valence-electron chi connectivity index (χ0n) is 13.4. The van der Waals surface area contributed by atoms with Crippen molar-refractivity contribution in [3.63, 3.8) is 0 Å². The molecule has 2 rings (SSSR count). The number of para-hydroxylation sites is 1. The molecule has 4 nitrogen and oxygen atoms in total. The summed E-state index contributed by atoms with van der Waals surface area (Å²) in [5, 5.41) is 0. The summed E-state index contributed by atoms with van der Waals surface area (Å²) in [6, 6.07) is 6.31. The minimum absolute atomic E-state index is 0.211. The molecule has 1 amide bonds. The number of carbonyl (C=O) groups is 1. The Balaban J connectivity index is 2.14. The molecule has 0 spiro atoms.